The van der Waals surface area contributed by atoms with Gasteiger partial charge in [0.25, 0.3) is 15.9 Å². The number of carbonyl (C=O) groups is 1. The lowest BCUT2D eigenvalue weighted by Crippen LogP contribution is -2.37. The number of nitrogens with two attached hydrogens (primary N) is 1. The molecular weight excluding hydrogens is 544 g/mol. The minimum absolute atomic E-state index is 0.0318. The van der Waals surface area contributed by atoms with Crippen LogP contribution in [0.1, 0.15) is 30.6 Å². The van der Waals surface area contributed by atoms with Crippen molar-refractivity contribution in [2.24, 2.45) is 5.14 Å². The highest BCUT2D eigenvalue weighted by molar-refractivity contribution is 7.95. The Kier molecular flexibility index (Phi) is 7.84. The number of methoxy groups -OCH3 is 1. The predicted octanol–water partition coefficient (Wildman–Crippen LogP) is 4.31. The summed E-state index contributed by atoms with van der Waals surface area (Å²) in [6.07, 6.45) is 0.561. The minimum atomic E-state index is -4.84. The molecule has 0 atom stereocenters. The van der Waals surface area contributed by atoms with Gasteiger partial charge in [0.2, 0.25) is 15.9 Å². The first kappa shape index (κ1) is 28.3. The molecule has 1 amide bonds. The topological polar surface area (TPSA) is 146 Å². The molecule has 0 radical (unpaired) electrons. The molecule has 206 valence electrons. The number of ether oxygens (including phenoxy) is 2. The second-order valence-corrected chi connectivity index (χ2v) is 12.6. The molecule has 0 fully saturated rings. The highest BCUT2D eigenvalue weighted by Gasteiger charge is 2.37. The summed E-state index contributed by atoms with van der Waals surface area (Å²) < 4.78 is 69.8. The number of benzene rings is 3. The zero-order chi connectivity index (χ0) is 28.4. The number of anilines is 1. The van der Waals surface area contributed by atoms with Crippen LogP contribution < -0.4 is 14.2 Å². The quantitative estimate of drug-likeness (QED) is 0.296. The van der Waals surface area contributed by atoms with Crippen LogP contribution in [0.15, 0.2) is 93.1 Å². The first-order chi connectivity index (χ1) is 18.3. The van der Waals surface area contributed by atoms with Gasteiger partial charge in [-0.05, 0) is 50.2 Å². The average molecular weight is 573 g/mol. The van der Waals surface area contributed by atoms with Crippen molar-refractivity contribution in [2.45, 2.75) is 35.7 Å². The van der Waals surface area contributed by atoms with Crippen molar-refractivity contribution in [3.05, 3.63) is 84.4 Å². The van der Waals surface area contributed by atoms with E-state index in [-0.39, 0.29) is 18.1 Å². The molecule has 0 spiro atoms. The maximum atomic E-state index is 14.0. The van der Waals surface area contributed by atoms with Crippen LogP contribution in [0.2, 0.25) is 0 Å². The number of carbonyl (C=O) groups excluding carboxylic acids is 1. The molecule has 0 aliphatic heterocycles. The first-order valence-corrected chi connectivity index (χ1v) is 14.8. The van der Waals surface area contributed by atoms with Gasteiger partial charge >= 0.3 is 0 Å². The second kappa shape index (κ2) is 10.8. The number of sulfonamides is 2. The van der Waals surface area contributed by atoms with Gasteiger partial charge in [-0.1, -0.05) is 36.4 Å². The van der Waals surface area contributed by atoms with E-state index in [4.69, 9.17) is 19.0 Å². The molecule has 2 N–H and O–H groups in total. The summed E-state index contributed by atoms with van der Waals surface area (Å²) in [5.41, 5.74) is -0.121. The van der Waals surface area contributed by atoms with Crippen molar-refractivity contribution in [3.8, 4) is 5.75 Å². The van der Waals surface area contributed by atoms with Crippen molar-refractivity contribution in [3.63, 3.8) is 0 Å². The molecule has 0 unspecified atom stereocenters. The van der Waals surface area contributed by atoms with Gasteiger partial charge in [0.1, 0.15) is 21.1 Å². The highest BCUT2D eigenvalue weighted by atomic mass is 32.2. The molecule has 0 bridgehead atoms. The first-order valence-electron chi connectivity index (χ1n) is 11.8. The van der Waals surface area contributed by atoms with Crippen molar-refractivity contribution < 1.29 is 35.5 Å². The van der Waals surface area contributed by atoms with Gasteiger partial charge < -0.3 is 13.9 Å². The summed E-state index contributed by atoms with van der Waals surface area (Å²) in [6, 6.07) is 18.9. The van der Waals surface area contributed by atoms with Gasteiger partial charge in [-0.25, -0.2) is 22.0 Å². The second-order valence-electron chi connectivity index (χ2n) is 9.28. The Balaban J connectivity index is 1.80. The summed E-state index contributed by atoms with van der Waals surface area (Å²) in [4.78, 5) is 12.5. The van der Waals surface area contributed by atoms with Crippen LogP contribution in [-0.2, 0) is 24.8 Å². The summed E-state index contributed by atoms with van der Waals surface area (Å²) in [7, 11) is -7.70. The van der Waals surface area contributed by atoms with E-state index in [9.17, 15) is 21.6 Å². The molecule has 10 nitrogen and oxygen atoms in total. The van der Waals surface area contributed by atoms with E-state index in [1.807, 2.05) is 13.8 Å². The lowest BCUT2D eigenvalue weighted by molar-refractivity contribution is 0.00544. The van der Waals surface area contributed by atoms with E-state index in [0.717, 1.165) is 12.1 Å². The van der Waals surface area contributed by atoms with Crippen molar-refractivity contribution in [2.75, 3.05) is 18.0 Å². The fourth-order valence-electron chi connectivity index (χ4n) is 3.75. The summed E-state index contributed by atoms with van der Waals surface area (Å²) in [5.74, 6) is -0.973. The zero-order valence-electron chi connectivity index (χ0n) is 21.5. The van der Waals surface area contributed by atoms with Crippen LogP contribution in [0.5, 0.6) is 5.75 Å². The highest BCUT2D eigenvalue weighted by Crippen LogP contribution is 2.34. The third kappa shape index (κ3) is 6.14. The summed E-state index contributed by atoms with van der Waals surface area (Å²) >= 11 is 0. The van der Waals surface area contributed by atoms with E-state index < -0.39 is 41.3 Å². The van der Waals surface area contributed by atoms with Crippen LogP contribution in [0.3, 0.4) is 0 Å². The number of furan rings is 1. The zero-order valence-corrected chi connectivity index (χ0v) is 23.2. The Bertz CT molecular complexity index is 1690. The number of amides is 1. The Labute approximate surface area is 227 Å². The lowest BCUT2D eigenvalue weighted by Gasteiger charge is -2.23. The Hall–Kier alpha value is -3.71. The molecular formula is C27H28N2O8S2. The van der Waals surface area contributed by atoms with E-state index in [1.165, 1.54) is 30.3 Å². The normalized spacial score (nSPS) is 12.4. The molecule has 3 aromatic carbocycles. The van der Waals surface area contributed by atoms with Crippen molar-refractivity contribution in [1.82, 2.24) is 0 Å². The maximum Gasteiger partial charge on any atom is 0.274 e. The van der Waals surface area contributed by atoms with E-state index >= 15 is 0 Å². The van der Waals surface area contributed by atoms with Gasteiger partial charge in [0.15, 0.2) is 0 Å². The molecule has 1 heterocycles. The van der Waals surface area contributed by atoms with Crippen LogP contribution in [0, 0.1) is 0 Å². The third-order valence-electron chi connectivity index (χ3n) is 6.08. The van der Waals surface area contributed by atoms with E-state index in [0.29, 0.717) is 27.4 Å². The molecule has 1 aromatic heterocycles. The summed E-state index contributed by atoms with van der Waals surface area (Å²) in [5, 5.41) is 5.84. The monoisotopic (exact) mass is 572 g/mol. The van der Waals surface area contributed by atoms with Crippen LogP contribution in [0.4, 0.5) is 5.88 Å². The molecule has 0 saturated carbocycles. The molecule has 4 aromatic rings. The number of rotatable bonds is 10. The van der Waals surface area contributed by atoms with Crippen LogP contribution in [0.25, 0.3) is 11.0 Å². The number of primary sulfonamides is 1. The third-order valence-corrected chi connectivity index (χ3v) is 8.91. The van der Waals surface area contributed by atoms with Gasteiger partial charge in [-0.2, -0.15) is 4.31 Å². The molecule has 0 aliphatic carbocycles. The number of hydrogen-bond donors (Lipinski definition) is 1. The van der Waals surface area contributed by atoms with E-state index in [2.05, 4.69) is 0 Å². The number of nitrogens with zero attached hydrogens (tertiary/aromatic N) is 1. The van der Waals surface area contributed by atoms with Gasteiger partial charge in [0, 0.05) is 30.5 Å². The van der Waals surface area contributed by atoms with Gasteiger partial charge in [0.05, 0.1) is 12.2 Å². The molecule has 4 rings (SSSR count). The maximum absolute atomic E-state index is 14.0. The summed E-state index contributed by atoms with van der Waals surface area (Å²) in [6.45, 7) is 4.10. The number of para-hydroxylation sites is 1. The van der Waals surface area contributed by atoms with Gasteiger partial charge in [-0.3, -0.25) is 4.79 Å². The van der Waals surface area contributed by atoms with Crippen molar-refractivity contribution >= 4 is 42.8 Å². The average Bonchev–Trinajstić information content (AvgIpc) is 3.31. The standard InChI is InChI=1S/C27H28N2O8S2/c1-27(2,35-3)15-16-36-21-11-8-10-20(17-21)26(30)29(25-18-19-9-4-5-12-22(19)37-25)39(33,34)24-14-7-6-13-23(24)38(28,31)32/h4-14,17-18H,15-16H2,1-3H3,(H2,28,31,32). The SMILES string of the molecule is COC(C)(C)CCOc1cccc(C(=O)N(c2cc3ccccc3o2)S(=O)(=O)c2ccccc2S(N)(=O)=O)c1. The fraction of sp³-hybridized carbons (Fsp3) is 0.222. The van der Waals surface area contributed by atoms with Crippen LogP contribution in [-0.4, -0.2) is 42.1 Å². The minimum Gasteiger partial charge on any atom is -0.493 e. The largest absolute Gasteiger partial charge is 0.493 e. The Morgan fingerprint density at radius 3 is 2.26 bits per heavy atom. The fourth-order valence-corrected chi connectivity index (χ4v) is 6.45. The molecule has 12 heteroatoms. The van der Waals surface area contributed by atoms with Gasteiger partial charge in [-0.15, -0.1) is 0 Å². The molecule has 39 heavy (non-hydrogen) atoms. The smallest absolute Gasteiger partial charge is 0.274 e. The van der Waals surface area contributed by atoms with Crippen molar-refractivity contribution in [1.29, 1.82) is 0 Å². The molecule has 0 aliphatic rings. The lowest BCUT2D eigenvalue weighted by atomic mass is 10.1. The van der Waals surface area contributed by atoms with E-state index in [1.54, 1.807) is 43.5 Å². The Morgan fingerprint density at radius 2 is 1.59 bits per heavy atom. The Morgan fingerprint density at radius 1 is 0.923 bits per heavy atom. The number of hydrogen-bond acceptors (Lipinski definition) is 8. The molecule has 0 saturated heterocycles. The van der Waals surface area contributed by atoms with Crippen LogP contribution >= 0.6 is 0 Å². The number of fused-ring (bicyclic) bond motifs is 1. The predicted molar refractivity (Wildman–Crippen MR) is 146 cm³/mol.